The normalized spacial score (nSPS) is 18.4. The van der Waals surface area contributed by atoms with Crippen molar-refractivity contribution in [2.24, 2.45) is 11.7 Å². The zero-order chi connectivity index (χ0) is 21.0. The maximum atomic E-state index is 13.7. The van der Waals surface area contributed by atoms with E-state index in [1.165, 1.54) is 17.0 Å². The molecule has 7 nitrogen and oxygen atoms in total. The first-order valence-corrected chi connectivity index (χ1v) is 9.99. The number of likely N-dealkylation sites (N-methyl/N-ethyl adjacent to an activating group) is 1. The molecule has 3 rings (SSSR count). The van der Waals surface area contributed by atoms with Crippen LogP contribution in [0.2, 0.25) is 0 Å². The number of ether oxygens (including phenoxy) is 1. The number of nitrogens with zero attached hydrogens (tertiary/aromatic N) is 2. The first-order valence-electron chi connectivity index (χ1n) is 9.99. The summed E-state index contributed by atoms with van der Waals surface area (Å²) >= 11 is 0. The molecule has 0 bridgehead atoms. The van der Waals surface area contributed by atoms with E-state index in [9.17, 15) is 18.4 Å². The van der Waals surface area contributed by atoms with Crippen LogP contribution in [-0.2, 0) is 14.3 Å². The highest BCUT2D eigenvalue weighted by Crippen LogP contribution is 2.33. The first-order chi connectivity index (χ1) is 13.9. The third-order valence-electron chi connectivity index (χ3n) is 5.39. The number of halogens is 2. The van der Waals surface area contributed by atoms with E-state index in [2.05, 4.69) is 5.32 Å². The average Bonchev–Trinajstić information content (AvgIpc) is 3.52. The summed E-state index contributed by atoms with van der Waals surface area (Å²) in [5, 5.41) is 2.62. The van der Waals surface area contributed by atoms with Crippen LogP contribution in [0.25, 0.3) is 0 Å². The SMILES string of the molecule is CCN(CC1CC1)[C@@H](CN)C(=O)Nc1ccc(N2CCOCC2=O)cc1C(F)F. The highest BCUT2D eigenvalue weighted by Gasteiger charge is 2.31. The van der Waals surface area contributed by atoms with E-state index in [4.69, 9.17) is 10.5 Å². The molecule has 160 valence electrons. The number of hydrogen-bond acceptors (Lipinski definition) is 5. The number of anilines is 2. The van der Waals surface area contributed by atoms with Gasteiger partial charge in [-0.05, 0) is 43.5 Å². The van der Waals surface area contributed by atoms with Gasteiger partial charge in [0.25, 0.3) is 12.3 Å². The molecule has 0 aromatic heterocycles. The Balaban J connectivity index is 1.77. The van der Waals surface area contributed by atoms with Gasteiger partial charge in [-0.25, -0.2) is 8.78 Å². The molecular formula is C20H28F2N4O3. The molecule has 0 radical (unpaired) electrons. The van der Waals surface area contributed by atoms with Crippen molar-refractivity contribution in [3.8, 4) is 0 Å². The lowest BCUT2D eigenvalue weighted by Gasteiger charge is -2.30. The lowest BCUT2D eigenvalue weighted by Crippen LogP contribution is -2.49. The van der Waals surface area contributed by atoms with Crippen LogP contribution in [0.5, 0.6) is 0 Å². The predicted octanol–water partition coefficient (Wildman–Crippen LogP) is 1.99. The molecule has 1 saturated carbocycles. The molecule has 2 fully saturated rings. The topological polar surface area (TPSA) is 87.9 Å². The summed E-state index contributed by atoms with van der Waals surface area (Å²) in [6.07, 6.45) is -0.509. The minimum atomic E-state index is -2.80. The Morgan fingerprint density at radius 2 is 2.17 bits per heavy atom. The number of alkyl halides is 2. The van der Waals surface area contributed by atoms with Gasteiger partial charge in [-0.2, -0.15) is 0 Å². The van der Waals surface area contributed by atoms with Gasteiger partial charge in [0.15, 0.2) is 0 Å². The van der Waals surface area contributed by atoms with Crippen LogP contribution in [0.1, 0.15) is 31.8 Å². The largest absolute Gasteiger partial charge is 0.370 e. The summed E-state index contributed by atoms with van der Waals surface area (Å²) in [6, 6.07) is 3.65. The molecule has 1 saturated heterocycles. The summed E-state index contributed by atoms with van der Waals surface area (Å²) in [5.41, 5.74) is 5.91. The third kappa shape index (κ3) is 5.29. The van der Waals surface area contributed by atoms with E-state index in [1.54, 1.807) is 6.07 Å². The molecule has 9 heteroatoms. The number of nitrogens with two attached hydrogens (primary N) is 1. The summed E-state index contributed by atoms with van der Waals surface area (Å²) in [6.45, 7) is 4.08. The molecule has 1 aliphatic carbocycles. The van der Waals surface area contributed by atoms with E-state index >= 15 is 0 Å². The van der Waals surface area contributed by atoms with Gasteiger partial charge in [0.1, 0.15) is 12.6 Å². The van der Waals surface area contributed by atoms with Crippen LogP contribution >= 0.6 is 0 Å². The molecular weight excluding hydrogens is 382 g/mol. The second-order valence-electron chi connectivity index (χ2n) is 7.44. The minimum Gasteiger partial charge on any atom is -0.370 e. The monoisotopic (exact) mass is 410 g/mol. The number of morpholine rings is 1. The van der Waals surface area contributed by atoms with Crippen LogP contribution in [-0.4, -0.2) is 62.1 Å². The Kier molecular flexibility index (Phi) is 7.15. The number of nitrogens with one attached hydrogen (secondary N) is 1. The van der Waals surface area contributed by atoms with Gasteiger partial charge in [-0.15, -0.1) is 0 Å². The highest BCUT2D eigenvalue weighted by atomic mass is 19.3. The van der Waals surface area contributed by atoms with Crippen molar-refractivity contribution in [3.05, 3.63) is 23.8 Å². The van der Waals surface area contributed by atoms with Gasteiger partial charge in [0, 0.05) is 36.6 Å². The summed E-state index contributed by atoms with van der Waals surface area (Å²) < 4.78 is 32.5. The van der Waals surface area contributed by atoms with Crippen molar-refractivity contribution in [2.75, 3.05) is 49.6 Å². The van der Waals surface area contributed by atoms with Gasteiger partial charge in [0.05, 0.1) is 6.61 Å². The lowest BCUT2D eigenvalue weighted by molar-refractivity contribution is -0.125. The molecule has 3 N–H and O–H groups in total. The minimum absolute atomic E-state index is 0.0374. The van der Waals surface area contributed by atoms with Gasteiger partial charge in [0.2, 0.25) is 5.91 Å². The molecule has 1 aromatic rings. The van der Waals surface area contributed by atoms with Gasteiger partial charge < -0.3 is 20.7 Å². The van der Waals surface area contributed by atoms with Gasteiger partial charge >= 0.3 is 0 Å². The van der Waals surface area contributed by atoms with Crippen molar-refractivity contribution in [1.29, 1.82) is 0 Å². The van der Waals surface area contributed by atoms with Crippen LogP contribution in [0.3, 0.4) is 0 Å². The lowest BCUT2D eigenvalue weighted by atomic mass is 10.1. The van der Waals surface area contributed by atoms with E-state index in [-0.39, 0.29) is 30.3 Å². The Morgan fingerprint density at radius 3 is 2.76 bits per heavy atom. The van der Waals surface area contributed by atoms with Crippen LogP contribution in [0.15, 0.2) is 18.2 Å². The maximum absolute atomic E-state index is 13.7. The van der Waals surface area contributed by atoms with Gasteiger partial charge in [-0.1, -0.05) is 6.92 Å². The van der Waals surface area contributed by atoms with Gasteiger partial charge in [-0.3, -0.25) is 14.5 Å². The van der Waals surface area contributed by atoms with E-state index in [1.807, 2.05) is 11.8 Å². The van der Waals surface area contributed by atoms with Crippen molar-refractivity contribution < 1.29 is 23.1 Å². The van der Waals surface area contributed by atoms with Crippen LogP contribution < -0.4 is 16.0 Å². The molecule has 29 heavy (non-hydrogen) atoms. The smallest absolute Gasteiger partial charge is 0.265 e. The molecule has 1 aliphatic heterocycles. The van der Waals surface area contributed by atoms with Crippen LogP contribution in [0.4, 0.5) is 20.2 Å². The number of rotatable bonds is 9. The zero-order valence-corrected chi connectivity index (χ0v) is 16.6. The summed E-state index contributed by atoms with van der Waals surface area (Å²) in [4.78, 5) is 28.2. The van der Waals surface area contributed by atoms with E-state index < -0.39 is 18.4 Å². The predicted molar refractivity (Wildman–Crippen MR) is 106 cm³/mol. The van der Waals surface area contributed by atoms with Crippen molar-refractivity contribution in [1.82, 2.24) is 4.90 Å². The second kappa shape index (κ2) is 9.60. The standard InChI is InChI=1S/C20H28F2N4O3/c1-2-25(11-13-3-4-13)17(10-23)20(28)24-16-6-5-14(9-15(16)19(21)22)26-7-8-29-12-18(26)27/h5-6,9,13,17,19H,2-4,7-8,10-12,23H2,1H3,(H,24,28)/t17-/m0/s1. The van der Waals surface area contributed by atoms with Crippen molar-refractivity contribution in [3.63, 3.8) is 0 Å². The first kappa shape index (κ1) is 21.6. The van der Waals surface area contributed by atoms with Crippen LogP contribution in [0, 0.1) is 5.92 Å². The molecule has 0 unspecified atom stereocenters. The summed E-state index contributed by atoms with van der Waals surface area (Å²) in [7, 11) is 0. The fourth-order valence-corrected chi connectivity index (χ4v) is 3.55. The Labute approximate surface area is 169 Å². The quantitative estimate of drug-likeness (QED) is 0.650. The molecule has 0 spiro atoms. The van der Waals surface area contributed by atoms with Crippen molar-refractivity contribution >= 4 is 23.2 Å². The Hall–Kier alpha value is -2.10. The van der Waals surface area contributed by atoms with E-state index in [0.29, 0.717) is 31.3 Å². The van der Waals surface area contributed by atoms with Crippen molar-refractivity contribution in [2.45, 2.75) is 32.2 Å². The second-order valence-corrected chi connectivity index (χ2v) is 7.44. The number of benzene rings is 1. The number of carbonyl (C=O) groups excluding carboxylic acids is 2. The molecule has 2 amide bonds. The zero-order valence-electron chi connectivity index (χ0n) is 16.6. The fraction of sp³-hybridized carbons (Fsp3) is 0.600. The average molecular weight is 410 g/mol. The number of amides is 2. The fourth-order valence-electron chi connectivity index (χ4n) is 3.55. The summed E-state index contributed by atoms with van der Waals surface area (Å²) in [5.74, 6) is -0.0963. The highest BCUT2D eigenvalue weighted by molar-refractivity contribution is 5.97. The molecule has 1 heterocycles. The van der Waals surface area contributed by atoms with E-state index in [0.717, 1.165) is 19.4 Å². The molecule has 1 atom stereocenters. The third-order valence-corrected chi connectivity index (χ3v) is 5.39. The molecule has 2 aliphatic rings. The Bertz CT molecular complexity index is 742. The molecule has 1 aromatic carbocycles. The maximum Gasteiger partial charge on any atom is 0.265 e. The number of carbonyl (C=O) groups is 2. The number of hydrogen-bond donors (Lipinski definition) is 2. The Morgan fingerprint density at radius 1 is 1.41 bits per heavy atom.